The van der Waals surface area contributed by atoms with Gasteiger partial charge in [0.2, 0.25) is 0 Å². The van der Waals surface area contributed by atoms with Crippen LogP contribution < -0.4 is 10.6 Å². The van der Waals surface area contributed by atoms with Crippen molar-refractivity contribution in [2.45, 2.75) is 44.1 Å². The van der Waals surface area contributed by atoms with Crippen molar-refractivity contribution in [3.05, 3.63) is 87.9 Å². The molecule has 198 valence electrons. The highest BCUT2D eigenvalue weighted by Gasteiger charge is 2.51. The van der Waals surface area contributed by atoms with E-state index in [2.05, 4.69) is 21.7 Å². The lowest BCUT2D eigenvalue weighted by atomic mass is 9.53. The molecule has 2 amide bonds. The van der Waals surface area contributed by atoms with Crippen molar-refractivity contribution in [3.8, 4) is 11.3 Å². The van der Waals surface area contributed by atoms with Crippen LogP contribution >= 0.6 is 23.2 Å². The van der Waals surface area contributed by atoms with Crippen LogP contribution in [0.2, 0.25) is 10.0 Å². The van der Waals surface area contributed by atoms with Gasteiger partial charge in [-0.3, -0.25) is 9.59 Å². The Morgan fingerprint density at radius 2 is 1.41 bits per heavy atom. The van der Waals surface area contributed by atoms with E-state index in [9.17, 15) is 9.59 Å². The van der Waals surface area contributed by atoms with E-state index < -0.39 is 0 Å². The number of hydrogen-bond donors (Lipinski definition) is 3. The fourth-order valence-electron chi connectivity index (χ4n) is 7.58. The van der Waals surface area contributed by atoms with Gasteiger partial charge < -0.3 is 15.6 Å². The maximum Gasteiger partial charge on any atom is 0.255 e. The molecule has 5 nitrogen and oxygen atoms in total. The molecule has 4 fully saturated rings. The van der Waals surface area contributed by atoms with Gasteiger partial charge in [0, 0.05) is 39.0 Å². The lowest BCUT2D eigenvalue weighted by Gasteiger charge is -2.56. The fourth-order valence-corrected chi connectivity index (χ4v) is 7.88. The van der Waals surface area contributed by atoms with E-state index in [1.807, 2.05) is 42.5 Å². The van der Waals surface area contributed by atoms with E-state index in [1.165, 1.54) is 19.3 Å². The number of fused-ring (bicyclic) bond motifs is 1. The number of benzene rings is 3. The molecule has 3 N–H and O–H groups in total. The summed E-state index contributed by atoms with van der Waals surface area (Å²) in [6.07, 6.45) is 7.52. The molecule has 39 heavy (non-hydrogen) atoms. The molecule has 8 rings (SSSR count). The van der Waals surface area contributed by atoms with Gasteiger partial charge >= 0.3 is 0 Å². The first-order chi connectivity index (χ1) is 18.8. The summed E-state index contributed by atoms with van der Waals surface area (Å²) in [7, 11) is 0. The zero-order valence-corrected chi connectivity index (χ0v) is 22.9. The predicted molar refractivity (Wildman–Crippen MR) is 157 cm³/mol. The number of carbonyl (C=O) groups is 2. The molecule has 0 unspecified atom stereocenters. The zero-order chi connectivity index (χ0) is 26.7. The normalized spacial score (nSPS) is 25.1. The van der Waals surface area contributed by atoms with Gasteiger partial charge in [0.15, 0.2) is 0 Å². The summed E-state index contributed by atoms with van der Waals surface area (Å²) in [5.41, 5.74) is 4.74. The summed E-state index contributed by atoms with van der Waals surface area (Å²) in [6.45, 7) is 0. The Morgan fingerprint density at radius 3 is 2.08 bits per heavy atom. The number of aromatic nitrogens is 1. The van der Waals surface area contributed by atoms with E-state index in [1.54, 1.807) is 18.2 Å². The minimum absolute atomic E-state index is 0.00856. The van der Waals surface area contributed by atoms with Gasteiger partial charge in [-0.25, -0.2) is 0 Å². The standard InChI is InChI=1S/C32H29Cl2N3O2/c33-26-7-5-23(13-27(26)34)30(38)35-25-6-8-28-24(12-25)14-29(36-28)21-1-3-22(4-2-21)31(39)37-32-15-18-9-19(16-32)11-20(10-18)17-32/h1-8,12-14,18-20,36H,9-11,15-17H2,(H,35,38)(H,37,39). The Labute approximate surface area is 237 Å². The van der Waals surface area contributed by atoms with Crippen molar-refractivity contribution in [2.75, 3.05) is 5.32 Å². The molecule has 1 heterocycles. The highest BCUT2D eigenvalue weighted by Crippen LogP contribution is 2.55. The quantitative estimate of drug-likeness (QED) is 0.232. The average molecular weight is 559 g/mol. The van der Waals surface area contributed by atoms with Gasteiger partial charge in [0.1, 0.15) is 0 Å². The molecule has 3 aromatic carbocycles. The minimum Gasteiger partial charge on any atom is -0.355 e. The van der Waals surface area contributed by atoms with Gasteiger partial charge in [-0.15, -0.1) is 0 Å². The molecular formula is C32H29Cl2N3O2. The van der Waals surface area contributed by atoms with Gasteiger partial charge in [0.25, 0.3) is 11.8 Å². The number of anilines is 1. The summed E-state index contributed by atoms with van der Waals surface area (Å²) >= 11 is 12.0. The van der Waals surface area contributed by atoms with Gasteiger partial charge in [-0.05, 0) is 116 Å². The first-order valence-corrected chi connectivity index (χ1v) is 14.4. The molecule has 0 aliphatic heterocycles. The van der Waals surface area contributed by atoms with Gasteiger partial charge in [0.05, 0.1) is 10.0 Å². The monoisotopic (exact) mass is 557 g/mol. The van der Waals surface area contributed by atoms with Crippen molar-refractivity contribution in [1.29, 1.82) is 0 Å². The molecule has 4 aliphatic carbocycles. The van der Waals surface area contributed by atoms with Crippen LogP contribution in [0.4, 0.5) is 5.69 Å². The second kappa shape index (κ2) is 9.42. The Kier molecular flexibility index (Phi) is 5.98. The molecule has 0 atom stereocenters. The van der Waals surface area contributed by atoms with Crippen LogP contribution in [-0.4, -0.2) is 22.3 Å². The summed E-state index contributed by atoms with van der Waals surface area (Å²) in [5.74, 6) is 2.18. The topological polar surface area (TPSA) is 74.0 Å². The number of halogens is 2. The molecule has 0 spiro atoms. The van der Waals surface area contributed by atoms with Crippen LogP contribution in [0.1, 0.15) is 59.2 Å². The fraction of sp³-hybridized carbons (Fsp3) is 0.312. The molecule has 7 heteroatoms. The summed E-state index contributed by atoms with van der Waals surface area (Å²) in [6, 6.07) is 20.4. The van der Waals surface area contributed by atoms with E-state index in [0.29, 0.717) is 26.9 Å². The van der Waals surface area contributed by atoms with E-state index in [4.69, 9.17) is 23.2 Å². The maximum absolute atomic E-state index is 13.2. The Bertz CT molecular complexity index is 1570. The highest BCUT2D eigenvalue weighted by molar-refractivity contribution is 6.42. The molecule has 1 aromatic heterocycles. The molecule has 4 aliphatic rings. The van der Waals surface area contributed by atoms with Crippen molar-refractivity contribution in [2.24, 2.45) is 17.8 Å². The predicted octanol–water partition coefficient (Wildman–Crippen LogP) is 8.09. The average Bonchev–Trinajstić information content (AvgIpc) is 3.33. The van der Waals surface area contributed by atoms with Crippen molar-refractivity contribution < 1.29 is 9.59 Å². The number of hydrogen-bond acceptors (Lipinski definition) is 2. The molecule has 4 saturated carbocycles. The molecule has 4 aromatic rings. The van der Waals surface area contributed by atoms with Crippen LogP contribution in [0, 0.1) is 17.8 Å². The molecule has 0 saturated heterocycles. The lowest BCUT2D eigenvalue weighted by molar-refractivity contribution is -0.0167. The maximum atomic E-state index is 13.2. The van der Waals surface area contributed by atoms with Crippen LogP contribution in [0.15, 0.2) is 66.7 Å². The number of nitrogens with one attached hydrogen (secondary N) is 3. The Hall–Kier alpha value is -3.28. The van der Waals surface area contributed by atoms with Gasteiger partial charge in [-0.2, -0.15) is 0 Å². The molecule has 4 bridgehead atoms. The second-order valence-electron chi connectivity index (χ2n) is 11.8. The van der Waals surface area contributed by atoms with E-state index in [-0.39, 0.29) is 17.4 Å². The number of aromatic amines is 1. The Morgan fingerprint density at radius 1 is 0.744 bits per heavy atom. The summed E-state index contributed by atoms with van der Waals surface area (Å²) in [5, 5.41) is 8.11. The summed E-state index contributed by atoms with van der Waals surface area (Å²) < 4.78 is 0. The smallest absolute Gasteiger partial charge is 0.255 e. The first kappa shape index (κ1) is 24.7. The highest BCUT2D eigenvalue weighted by atomic mass is 35.5. The van der Waals surface area contributed by atoms with Gasteiger partial charge in [-0.1, -0.05) is 35.3 Å². The van der Waals surface area contributed by atoms with Crippen LogP contribution in [0.5, 0.6) is 0 Å². The van der Waals surface area contributed by atoms with Crippen molar-refractivity contribution >= 4 is 51.6 Å². The number of carbonyl (C=O) groups excluding carboxylic acids is 2. The third-order valence-electron chi connectivity index (χ3n) is 8.94. The second-order valence-corrected chi connectivity index (χ2v) is 12.6. The third-order valence-corrected chi connectivity index (χ3v) is 9.67. The van der Waals surface area contributed by atoms with Crippen LogP contribution in [-0.2, 0) is 0 Å². The number of amides is 2. The Balaban J connectivity index is 1.05. The zero-order valence-electron chi connectivity index (χ0n) is 21.4. The van der Waals surface area contributed by atoms with E-state index in [0.717, 1.165) is 59.2 Å². The minimum atomic E-state index is -0.258. The van der Waals surface area contributed by atoms with E-state index >= 15 is 0 Å². The SMILES string of the molecule is O=C(Nc1ccc2[nH]c(-c3ccc(C(=O)NC45CC6CC(CC(C6)C4)C5)cc3)cc2c1)c1ccc(Cl)c(Cl)c1. The molecular weight excluding hydrogens is 529 g/mol. The largest absolute Gasteiger partial charge is 0.355 e. The number of rotatable bonds is 5. The van der Waals surface area contributed by atoms with Crippen molar-refractivity contribution in [3.63, 3.8) is 0 Å². The van der Waals surface area contributed by atoms with Crippen LogP contribution in [0.3, 0.4) is 0 Å². The number of H-pyrrole nitrogens is 1. The lowest BCUT2D eigenvalue weighted by Crippen LogP contribution is -2.59. The summed E-state index contributed by atoms with van der Waals surface area (Å²) in [4.78, 5) is 29.3. The van der Waals surface area contributed by atoms with Crippen LogP contribution in [0.25, 0.3) is 22.2 Å². The van der Waals surface area contributed by atoms with Crippen molar-refractivity contribution in [1.82, 2.24) is 10.3 Å². The third kappa shape index (κ3) is 4.72. The first-order valence-electron chi connectivity index (χ1n) is 13.6. The molecule has 0 radical (unpaired) electrons.